The molecule has 1 aromatic carbocycles. The van der Waals surface area contributed by atoms with Gasteiger partial charge in [0.05, 0.1) is 0 Å². The third kappa shape index (κ3) is 2.16. The monoisotopic (exact) mass is 234 g/mol. The summed E-state index contributed by atoms with van der Waals surface area (Å²) in [6, 6.07) is 6.99. The van der Waals surface area contributed by atoms with Gasteiger partial charge < -0.3 is 10.2 Å². The van der Waals surface area contributed by atoms with Crippen molar-refractivity contribution in [2.45, 2.75) is 19.3 Å². The Bertz CT molecular complexity index is 399. The first-order valence-electron chi connectivity index (χ1n) is 6.49. The molecule has 2 heterocycles. The van der Waals surface area contributed by atoms with E-state index in [0.717, 1.165) is 31.9 Å². The van der Waals surface area contributed by atoms with Crippen molar-refractivity contribution in [2.75, 3.05) is 31.1 Å². The summed E-state index contributed by atoms with van der Waals surface area (Å²) in [6.07, 6.45) is 3.78. The lowest BCUT2D eigenvalue weighted by Crippen LogP contribution is -2.38. The van der Waals surface area contributed by atoms with Crippen LogP contribution >= 0.6 is 0 Å². The number of benzene rings is 1. The lowest BCUT2D eigenvalue weighted by atomic mass is 9.78. The van der Waals surface area contributed by atoms with Crippen LogP contribution in [-0.4, -0.2) is 26.2 Å². The summed E-state index contributed by atoms with van der Waals surface area (Å²) in [4.78, 5) is 2.34. The summed E-state index contributed by atoms with van der Waals surface area (Å²) in [5.74, 6) is -0.131. The quantitative estimate of drug-likeness (QED) is 0.802. The summed E-state index contributed by atoms with van der Waals surface area (Å²) in [5.41, 5.74) is 1.53. The predicted molar refractivity (Wildman–Crippen MR) is 67.8 cm³/mol. The van der Waals surface area contributed by atoms with Gasteiger partial charge in [-0.1, -0.05) is 6.07 Å². The zero-order valence-corrected chi connectivity index (χ0v) is 10.1. The second-order valence-corrected chi connectivity index (χ2v) is 5.40. The minimum absolute atomic E-state index is 0.131. The summed E-state index contributed by atoms with van der Waals surface area (Å²) in [6.45, 7) is 4.44. The van der Waals surface area contributed by atoms with Gasteiger partial charge in [0.1, 0.15) is 5.82 Å². The van der Waals surface area contributed by atoms with E-state index in [4.69, 9.17) is 0 Å². The molecule has 92 valence electrons. The molecule has 1 aromatic rings. The zero-order chi connectivity index (χ0) is 11.7. The van der Waals surface area contributed by atoms with Crippen LogP contribution in [0.3, 0.4) is 0 Å². The predicted octanol–water partition coefficient (Wildman–Crippen LogP) is 2.41. The SMILES string of the molecule is Fc1cccc(N2CCC3(CCNCC3)C2)c1. The third-order valence-corrected chi connectivity index (χ3v) is 4.28. The number of hydrogen-bond acceptors (Lipinski definition) is 2. The molecule has 0 saturated carbocycles. The van der Waals surface area contributed by atoms with Crippen molar-refractivity contribution in [1.29, 1.82) is 0 Å². The molecule has 3 heteroatoms. The summed E-state index contributed by atoms with van der Waals surface area (Å²) >= 11 is 0. The van der Waals surface area contributed by atoms with E-state index in [1.807, 2.05) is 6.07 Å². The molecule has 2 fully saturated rings. The molecule has 2 saturated heterocycles. The Morgan fingerprint density at radius 3 is 2.76 bits per heavy atom. The average molecular weight is 234 g/mol. The van der Waals surface area contributed by atoms with E-state index < -0.39 is 0 Å². The number of anilines is 1. The van der Waals surface area contributed by atoms with Gasteiger partial charge in [0, 0.05) is 18.8 Å². The van der Waals surface area contributed by atoms with Gasteiger partial charge in [-0.05, 0) is 56.0 Å². The molecule has 1 spiro atoms. The first-order valence-corrected chi connectivity index (χ1v) is 6.49. The van der Waals surface area contributed by atoms with E-state index in [2.05, 4.69) is 10.2 Å². The van der Waals surface area contributed by atoms with E-state index in [9.17, 15) is 4.39 Å². The Labute approximate surface area is 102 Å². The van der Waals surface area contributed by atoms with Crippen LogP contribution in [0.1, 0.15) is 19.3 Å². The highest BCUT2D eigenvalue weighted by Crippen LogP contribution is 2.40. The molecule has 2 aliphatic heterocycles. The number of halogens is 1. The van der Waals surface area contributed by atoms with Crippen LogP contribution in [0, 0.1) is 11.2 Å². The highest BCUT2D eigenvalue weighted by molar-refractivity contribution is 5.48. The number of nitrogens with one attached hydrogen (secondary N) is 1. The van der Waals surface area contributed by atoms with Crippen LogP contribution < -0.4 is 10.2 Å². The summed E-state index contributed by atoms with van der Waals surface area (Å²) in [5, 5.41) is 3.42. The maximum Gasteiger partial charge on any atom is 0.125 e. The number of piperidine rings is 1. The maximum absolute atomic E-state index is 13.2. The molecule has 0 radical (unpaired) electrons. The second kappa shape index (κ2) is 4.30. The van der Waals surface area contributed by atoms with E-state index in [1.165, 1.54) is 25.3 Å². The van der Waals surface area contributed by atoms with Crippen LogP contribution in [0.25, 0.3) is 0 Å². The lowest BCUT2D eigenvalue weighted by Gasteiger charge is -2.34. The fourth-order valence-electron chi connectivity index (χ4n) is 3.19. The highest BCUT2D eigenvalue weighted by Gasteiger charge is 2.38. The lowest BCUT2D eigenvalue weighted by molar-refractivity contribution is 0.232. The molecule has 3 rings (SSSR count). The minimum Gasteiger partial charge on any atom is -0.371 e. The van der Waals surface area contributed by atoms with Crippen molar-refractivity contribution < 1.29 is 4.39 Å². The van der Waals surface area contributed by atoms with Crippen LogP contribution in [0.2, 0.25) is 0 Å². The van der Waals surface area contributed by atoms with Gasteiger partial charge in [0.15, 0.2) is 0 Å². The van der Waals surface area contributed by atoms with Gasteiger partial charge in [0.25, 0.3) is 0 Å². The Morgan fingerprint density at radius 2 is 2.00 bits per heavy atom. The van der Waals surface area contributed by atoms with Gasteiger partial charge in [-0.25, -0.2) is 4.39 Å². The molecule has 0 aromatic heterocycles. The van der Waals surface area contributed by atoms with Crippen molar-refractivity contribution >= 4 is 5.69 Å². The van der Waals surface area contributed by atoms with Crippen molar-refractivity contribution in [2.24, 2.45) is 5.41 Å². The highest BCUT2D eigenvalue weighted by atomic mass is 19.1. The van der Waals surface area contributed by atoms with Gasteiger partial charge in [-0.3, -0.25) is 0 Å². The molecular formula is C14H19FN2. The molecular weight excluding hydrogens is 215 g/mol. The zero-order valence-electron chi connectivity index (χ0n) is 10.1. The maximum atomic E-state index is 13.2. The van der Waals surface area contributed by atoms with Crippen LogP contribution in [0.5, 0.6) is 0 Å². The molecule has 0 bridgehead atoms. The third-order valence-electron chi connectivity index (χ3n) is 4.28. The van der Waals surface area contributed by atoms with Gasteiger partial charge in [-0.2, -0.15) is 0 Å². The molecule has 2 nitrogen and oxygen atoms in total. The molecule has 0 aliphatic carbocycles. The molecule has 0 amide bonds. The summed E-state index contributed by atoms with van der Waals surface area (Å²) < 4.78 is 13.2. The standard InChI is InChI=1S/C14H19FN2/c15-12-2-1-3-13(10-12)17-9-6-14(11-17)4-7-16-8-5-14/h1-3,10,16H,4-9,11H2. The molecule has 2 aliphatic rings. The topological polar surface area (TPSA) is 15.3 Å². The fourth-order valence-corrected chi connectivity index (χ4v) is 3.19. The Kier molecular flexibility index (Phi) is 2.79. The molecule has 1 N–H and O–H groups in total. The average Bonchev–Trinajstić information content (AvgIpc) is 2.74. The Morgan fingerprint density at radius 1 is 1.18 bits per heavy atom. The fraction of sp³-hybridized carbons (Fsp3) is 0.571. The Hall–Kier alpha value is -1.09. The van der Waals surface area contributed by atoms with Gasteiger partial charge in [-0.15, -0.1) is 0 Å². The number of rotatable bonds is 1. The van der Waals surface area contributed by atoms with Gasteiger partial charge in [0.2, 0.25) is 0 Å². The van der Waals surface area contributed by atoms with Crippen molar-refractivity contribution in [1.82, 2.24) is 5.32 Å². The summed E-state index contributed by atoms with van der Waals surface area (Å²) in [7, 11) is 0. The smallest absolute Gasteiger partial charge is 0.125 e. The number of hydrogen-bond donors (Lipinski definition) is 1. The van der Waals surface area contributed by atoms with Crippen molar-refractivity contribution in [3.63, 3.8) is 0 Å². The van der Waals surface area contributed by atoms with E-state index in [-0.39, 0.29) is 5.82 Å². The van der Waals surface area contributed by atoms with Crippen LogP contribution in [0.15, 0.2) is 24.3 Å². The molecule has 0 atom stereocenters. The first-order chi connectivity index (χ1) is 8.27. The van der Waals surface area contributed by atoms with Gasteiger partial charge >= 0.3 is 0 Å². The number of nitrogens with zero attached hydrogens (tertiary/aromatic N) is 1. The van der Waals surface area contributed by atoms with Crippen molar-refractivity contribution in [3.8, 4) is 0 Å². The normalized spacial score (nSPS) is 23.2. The minimum atomic E-state index is -0.131. The van der Waals surface area contributed by atoms with E-state index in [1.54, 1.807) is 12.1 Å². The van der Waals surface area contributed by atoms with Crippen LogP contribution in [0.4, 0.5) is 10.1 Å². The van der Waals surface area contributed by atoms with E-state index >= 15 is 0 Å². The van der Waals surface area contributed by atoms with E-state index in [0.29, 0.717) is 5.41 Å². The molecule has 17 heavy (non-hydrogen) atoms. The molecule has 0 unspecified atom stereocenters. The van der Waals surface area contributed by atoms with Crippen LogP contribution in [-0.2, 0) is 0 Å². The second-order valence-electron chi connectivity index (χ2n) is 5.40. The largest absolute Gasteiger partial charge is 0.371 e. The van der Waals surface area contributed by atoms with Crippen molar-refractivity contribution in [3.05, 3.63) is 30.1 Å². The first kappa shape index (κ1) is 11.0. The Balaban J connectivity index is 1.75.